The van der Waals surface area contributed by atoms with Crippen molar-refractivity contribution in [2.75, 3.05) is 0 Å². The lowest BCUT2D eigenvalue weighted by molar-refractivity contribution is -0.110. The van der Waals surface area contributed by atoms with E-state index in [9.17, 15) is 4.79 Å². The molecule has 0 unspecified atom stereocenters. The van der Waals surface area contributed by atoms with Crippen molar-refractivity contribution in [2.45, 2.75) is 19.3 Å². The maximum Gasteiger partial charge on any atom is 0.123 e. The molecule has 0 radical (unpaired) electrons. The number of hydrogen-bond donors (Lipinski definition) is 1. The molecule has 1 fully saturated rings. The quantitative estimate of drug-likeness (QED) is 0.270. The summed E-state index contributed by atoms with van der Waals surface area (Å²) in [4.78, 5) is 10.2. The normalized spacial score (nSPS) is 33.2. The van der Waals surface area contributed by atoms with E-state index in [4.69, 9.17) is 5.21 Å². The van der Waals surface area contributed by atoms with Crippen molar-refractivity contribution in [2.24, 2.45) is 17.0 Å². The van der Waals surface area contributed by atoms with Crippen molar-refractivity contribution in [3.05, 3.63) is 0 Å². The van der Waals surface area contributed by atoms with Crippen LogP contribution >= 0.6 is 0 Å². The Morgan fingerprint density at radius 1 is 1.40 bits per heavy atom. The van der Waals surface area contributed by atoms with Crippen LogP contribution in [0, 0.1) is 11.8 Å². The molecule has 1 rings (SSSR count). The molecule has 0 spiro atoms. The fourth-order valence-electron chi connectivity index (χ4n) is 1.41. The first-order chi connectivity index (χ1) is 4.86. The zero-order valence-corrected chi connectivity index (χ0v) is 5.73. The van der Waals surface area contributed by atoms with E-state index in [0.29, 0.717) is 5.92 Å². The average Bonchev–Trinajstić information content (AvgIpc) is 2.37. The fourth-order valence-corrected chi connectivity index (χ4v) is 1.41. The van der Waals surface area contributed by atoms with E-state index < -0.39 is 0 Å². The molecule has 0 bridgehead atoms. The SMILES string of the molecule is O=C[C@H]1CC[C@@H](C=NO)C1. The first kappa shape index (κ1) is 7.25. The third-order valence-electron chi connectivity index (χ3n) is 1.98. The van der Waals surface area contributed by atoms with Crippen LogP contribution in [-0.4, -0.2) is 17.7 Å². The van der Waals surface area contributed by atoms with Crippen LogP contribution < -0.4 is 0 Å². The monoisotopic (exact) mass is 141 g/mol. The average molecular weight is 141 g/mol. The molecule has 10 heavy (non-hydrogen) atoms. The summed E-state index contributed by atoms with van der Waals surface area (Å²) < 4.78 is 0. The summed E-state index contributed by atoms with van der Waals surface area (Å²) in [7, 11) is 0. The molecule has 0 aliphatic heterocycles. The second kappa shape index (κ2) is 3.34. The van der Waals surface area contributed by atoms with E-state index >= 15 is 0 Å². The van der Waals surface area contributed by atoms with Crippen LogP contribution in [0.2, 0.25) is 0 Å². The van der Waals surface area contributed by atoms with Gasteiger partial charge in [0.05, 0.1) is 0 Å². The third-order valence-corrected chi connectivity index (χ3v) is 1.98. The molecule has 2 atom stereocenters. The Kier molecular flexibility index (Phi) is 2.42. The zero-order chi connectivity index (χ0) is 7.40. The summed E-state index contributed by atoms with van der Waals surface area (Å²) in [5.41, 5.74) is 0. The largest absolute Gasteiger partial charge is 0.411 e. The van der Waals surface area contributed by atoms with Crippen LogP contribution in [0.1, 0.15) is 19.3 Å². The van der Waals surface area contributed by atoms with Gasteiger partial charge in [0, 0.05) is 12.1 Å². The molecule has 0 amide bonds. The van der Waals surface area contributed by atoms with E-state index in [2.05, 4.69) is 5.16 Å². The van der Waals surface area contributed by atoms with E-state index in [1.165, 1.54) is 6.21 Å². The number of oxime groups is 1. The van der Waals surface area contributed by atoms with Gasteiger partial charge in [-0.25, -0.2) is 0 Å². The highest BCUT2D eigenvalue weighted by atomic mass is 16.4. The van der Waals surface area contributed by atoms with Gasteiger partial charge in [0.2, 0.25) is 0 Å². The van der Waals surface area contributed by atoms with Crippen molar-refractivity contribution in [1.29, 1.82) is 0 Å². The molecular formula is C7H11NO2. The summed E-state index contributed by atoms with van der Waals surface area (Å²) in [6.45, 7) is 0. The number of nitrogens with zero attached hydrogens (tertiary/aromatic N) is 1. The van der Waals surface area contributed by atoms with Crippen LogP contribution in [0.4, 0.5) is 0 Å². The Balaban J connectivity index is 2.35. The van der Waals surface area contributed by atoms with Gasteiger partial charge in [-0.05, 0) is 25.2 Å². The number of carbonyl (C=O) groups excluding carboxylic acids is 1. The van der Waals surface area contributed by atoms with Gasteiger partial charge in [0.1, 0.15) is 6.29 Å². The summed E-state index contributed by atoms with van der Waals surface area (Å²) in [5.74, 6) is 0.517. The summed E-state index contributed by atoms with van der Waals surface area (Å²) in [5, 5.41) is 11.1. The van der Waals surface area contributed by atoms with Crippen molar-refractivity contribution >= 4 is 12.5 Å². The van der Waals surface area contributed by atoms with Crippen molar-refractivity contribution in [1.82, 2.24) is 0 Å². The minimum atomic E-state index is 0.197. The lowest BCUT2D eigenvalue weighted by Crippen LogP contribution is -1.98. The van der Waals surface area contributed by atoms with E-state index in [0.717, 1.165) is 25.5 Å². The lowest BCUT2D eigenvalue weighted by atomic mass is 10.1. The highest BCUT2D eigenvalue weighted by Crippen LogP contribution is 2.27. The number of hydrogen-bond acceptors (Lipinski definition) is 3. The molecule has 3 heteroatoms. The Morgan fingerprint density at radius 2 is 2.10 bits per heavy atom. The minimum Gasteiger partial charge on any atom is -0.411 e. The van der Waals surface area contributed by atoms with Gasteiger partial charge in [-0.2, -0.15) is 0 Å². The van der Waals surface area contributed by atoms with Gasteiger partial charge < -0.3 is 10.0 Å². The van der Waals surface area contributed by atoms with Crippen molar-refractivity contribution < 1.29 is 10.0 Å². The molecule has 0 aromatic rings. The summed E-state index contributed by atoms with van der Waals surface area (Å²) in [6.07, 6.45) is 5.29. The van der Waals surface area contributed by atoms with Crippen LogP contribution in [0.15, 0.2) is 5.16 Å². The van der Waals surface area contributed by atoms with E-state index in [-0.39, 0.29) is 5.92 Å². The third kappa shape index (κ3) is 1.56. The maximum atomic E-state index is 10.2. The smallest absolute Gasteiger partial charge is 0.123 e. The molecule has 3 nitrogen and oxygen atoms in total. The van der Waals surface area contributed by atoms with Gasteiger partial charge in [0.25, 0.3) is 0 Å². The van der Waals surface area contributed by atoms with Gasteiger partial charge in [0.15, 0.2) is 0 Å². The topological polar surface area (TPSA) is 49.7 Å². The molecule has 0 saturated heterocycles. The molecule has 1 saturated carbocycles. The first-order valence-corrected chi connectivity index (χ1v) is 3.49. The predicted molar refractivity (Wildman–Crippen MR) is 37.2 cm³/mol. The standard InChI is InChI=1S/C7H11NO2/c9-5-7-2-1-6(3-7)4-8-10/h4-7,10H,1-3H2/t6-,7+/m1/s1. The lowest BCUT2D eigenvalue weighted by Gasteiger charge is -1.97. The van der Waals surface area contributed by atoms with Crippen LogP contribution in [-0.2, 0) is 4.79 Å². The second-order valence-electron chi connectivity index (χ2n) is 2.73. The first-order valence-electron chi connectivity index (χ1n) is 3.49. The zero-order valence-electron chi connectivity index (χ0n) is 5.73. The molecular weight excluding hydrogens is 130 g/mol. The Hall–Kier alpha value is -0.860. The maximum absolute atomic E-state index is 10.2. The number of carbonyl (C=O) groups is 1. The predicted octanol–water partition coefficient (Wildman–Crippen LogP) is 1.06. The van der Waals surface area contributed by atoms with Gasteiger partial charge in [-0.3, -0.25) is 0 Å². The van der Waals surface area contributed by atoms with E-state index in [1.54, 1.807) is 0 Å². The highest BCUT2D eigenvalue weighted by Gasteiger charge is 2.22. The van der Waals surface area contributed by atoms with Crippen LogP contribution in [0.5, 0.6) is 0 Å². The molecule has 1 N–H and O–H groups in total. The number of aldehydes is 1. The molecule has 0 aromatic heterocycles. The molecule has 1 aliphatic carbocycles. The van der Waals surface area contributed by atoms with E-state index in [1.807, 2.05) is 0 Å². The van der Waals surface area contributed by atoms with Gasteiger partial charge in [-0.15, -0.1) is 5.16 Å². The van der Waals surface area contributed by atoms with Crippen molar-refractivity contribution in [3.63, 3.8) is 0 Å². The Morgan fingerprint density at radius 3 is 2.60 bits per heavy atom. The van der Waals surface area contributed by atoms with Gasteiger partial charge in [-0.1, -0.05) is 0 Å². The highest BCUT2D eigenvalue weighted by molar-refractivity contribution is 5.63. The summed E-state index contributed by atoms with van der Waals surface area (Å²) in [6, 6.07) is 0. The molecule has 0 aromatic carbocycles. The Bertz CT molecular complexity index is 145. The Labute approximate surface area is 59.7 Å². The van der Waals surface area contributed by atoms with Crippen molar-refractivity contribution in [3.8, 4) is 0 Å². The second-order valence-corrected chi connectivity index (χ2v) is 2.73. The molecule has 0 heterocycles. The molecule has 56 valence electrons. The van der Waals surface area contributed by atoms with Gasteiger partial charge >= 0.3 is 0 Å². The van der Waals surface area contributed by atoms with Crippen LogP contribution in [0.25, 0.3) is 0 Å². The fraction of sp³-hybridized carbons (Fsp3) is 0.714. The van der Waals surface area contributed by atoms with Crippen LogP contribution in [0.3, 0.4) is 0 Å². The number of rotatable bonds is 2. The summed E-state index contributed by atoms with van der Waals surface area (Å²) >= 11 is 0. The minimum absolute atomic E-state index is 0.197. The molecule has 1 aliphatic rings.